The van der Waals surface area contributed by atoms with Crippen LogP contribution < -0.4 is 5.32 Å². The highest BCUT2D eigenvalue weighted by molar-refractivity contribution is 6.30. The molecule has 0 atom stereocenters. The lowest BCUT2D eigenvalue weighted by Crippen LogP contribution is -1.98. The van der Waals surface area contributed by atoms with Crippen molar-refractivity contribution >= 4 is 13.4 Å². The van der Waals surface area contributed by atoms with Crippen LogP contribution in [0.4, 0.5) is 0 Å². The predicted octanol–water partition coefficient (Wildman–Crippen LogP) is 1.39. The summed E-state index contributed by atoms with van der Waals surface area (Å²) in [6, 6.07) is 10.2. The molecule has 0 heterocycles. The fourth-order valence-electron chi connectivity index (χ4n) is 1.17. The number of rotatable bonds is 3. The van der Waals surface area contributed by atoms with Crippen molar-refractivity contribution in [1.29, 1.82) is 0 Å². The quantitative estimate of drug-likeness (QED) is 0.535. The maximum Gasteiger partial charge on any atom is 0.141 e. The lowest BCUT2D eigenvalue weighted by Gasteiger charge is -2.05. The van der Waals surface area contributed by atoms with Crippen molar-refractivity contribution in [2.45, 2.75) is 0 Å². The minimum Gasteiger partial charge on any atom is -0.394 e. The van der Waals surface area contributed by atoms with E-state index < -0.39 is 0 Å². The van der Waals surface area contributed by atoms with Crippen molar-refractivity contribution in [3.63, 3.8) is 0 Å². The summed E-state index contributed by atoms with van der Waals surface area (Å²) in [4.78, 5) is 0. The molecule has 1 N–H and O–H groups in total. The van der Waals surface area contributed by atoms with Gasteiger partial charge in [-0.15, -0.1) is 0 Å². The van der Waals surface area contributed by atoms with Gasteiger partial charge in [0.15, 0.2) is 0 Å². The molecule has 0 amide bonds. The van der Waals surface area contributed by atoms with Crippen LogP contribution in [0.15, 0.2) is 48.6 Å². The van der Waals surface area contributed by atoms with E-state index in [9.17, 15) is 0 Å². The lowest BCUT2D eigenvalue weighted by atomic mass is 9.86. The molecular weight excluding hydrogens is 157 g/mol. The van der Waals surface area contributed by atoms with Crippen molar-refractivity contribution in [3.8, 4) is 0 Å². The largest absolute Gasteiger partial charge is 0.394 e. The first-order chi connectivity index (χ1) is 6.25. The van der Waals surface area contributed by atoms with Crippen LogP contribution in [-0.4, -0.2) is 14.9 Å². The number of hydrogen-bond donors (Lipinski definition) is 1. The standard InChI is InChI=1S/C11H14BN/c1-9(11(12)8-13-2)10-6-4-3-5-7-10/h3-8,13H,1,12H2,2H3/b11-8+. The Morgan fingerprint density at radius 1 is 1.38 bits per heavy atom. The zero-order chi connectivity index (χ0) is 9.68. The molecule has 1 rings (SSSR count). The molecule has 13 heavy (non-hydrogen) atoms. The van der Waals surface area contributed by atoms with Gasteiger partial charge in [0.2, 0.25) is 0 Å². The maximum absolute atomic E-state index is 4.04. The summed E-state index contributed by atoms with van der Waals surface area (Å²) in [6.45, 7) is 4.04. The molecule has 0 spiro atoms. The third-order valence-corrected chi connectivity index (χ3v) is 1.96. The fraction of sp³-hybridized carbons (Fsp3) is 0.0909. The summed E-state index contributed by atoms with van der Waals surface area (Å²) in [5, 5.41) is 3.00. The Morgan fingerprint density at radius 2 is 2.00 bits per heavy atom. The van der Waals surface area contributed by atoms with Crippen molar-refractivity contribution in [2.75, 3.05) is 7.05 Å². The molecule has 0 aliphatic rings. The number of benzene rings is 1. The first-order valence-electron chi connectivity index (χ1n) is 4.34. The van der Waals surface area contributed by atoms with Crippen LogP contribution in [-0.2, 0) is 0 Å². The van der Waals surface area contributed by atoms with Crippen molar-refractivity contribution in [3.05, 3.63) is 54.1 Å². The molecule has 0 unspecified atom stereocenters. The monoisotopic (exact) mass is 171 g/mol. The van der Waals surface area contributed by atoms with Crippen LogP contribution >= 0.6 is 0 Å². The molecule has 2 heteroatoms. The summed E-state index contributed by atoms with van der Waals surface area (Å²) in [5.74, 6) is 0. The summed E-state index contributed by atoms with van der Waals surface area (Å²) in [7, 11) is 3.94. The van der Waals surface area contributed by atoms with E-state index in [1.165, 1.54) is 5.56 Å². The van der Waals surface area contributed by atoms with E-state index in [2.05, 4.69) is 24.0 Å². The third-order valence-electron chi connectivity index (χ3n) is 1.96. The Kier molecular flexibility index (Phi) is 3.38. The van der Waals surface area contributed by atoms with Gasteiger partial charge in [0.05, 0.1) is 0 Å². The van der Waals surface area contributed by atoms with Crippen LogP contribution in [0.3, 0.4) is 0 Å². The van der Waals surface area contributed by atoms with Gasteiger partial charge in [-0.05, 0) is 17.3 Å². The zero-order valence-electron chi connectivity index (χ0n) is 8.17. The van der Waals surface area contributed by atoms with Crippen molar-refractivity contribution in [2.24, 2.45) is 0 Å². The van der Waals surface area contributed by atoms with Gasteiger partial charge in [-0.1, -0.05) is 42.4 Å². The summed E-state index contributed by atoms with van der Waals surface area (Å²) >= 11 is 0. The van der Waals surface area contributed by atoms with Crippen LogP contribution in [0.2, 0.25) is 0 Å². The van der Waals surface area contributed by atoms with E-state index in [-0.39, 0.29) is 0 Å². The van der Waals surface area contributed by atoms with Crippen LogP contribution in [0, 0.1) is 0 Å². The minimum atomic E-state index is 1.06. The summed E-state index contributed by atoms with van der Waals surface area (Å²) < 4.78 is 0. The molecule has 66 valence electrons. The molecule has 0 fully saturated rings. The normalized spacial score (nSPS) is 11.0. The average Bonchev–Trinajstić information content (AvgIpc) is 2.18. The second-order valence-corrected chi connectivity index (χ2v) is 2.96. The van der Waals surface area contributed by atoms with Crippen LogP contribution in [0.5, 0.6) is 0 Å². The molecule has 1 aromatic carbocycles. The summed E-state index contributed by atoms with van der Waals surface area (Å²) in [6.07, 6.45) is 1.95. The van der Waals surface area contributed by atoms with E-state index in [4.69, 9.17) is 0 Å². The fourth-order valence-corrected chi connectivity index (χ4v) is 1.17. The molecule has 0 radical (unpaired) electrons. The molecule has 0 saturated heterocycles. The Balaban J connectivity index is 2.86. The van der Waals surface area contributed by atoms with Gasteiger partial charge in [0, 0.05) is 7.05 Å². The highest BCUT2D eigenvalue weighted by Gasteiger charge is 1.98. The van der Waals surface area contributed by atoms with E-state index in [0.717, 1.165) is 11.0 Å². The second-order valence-electron chi connectivity index (χ2n) is 2.96. The predicted molar refractivity (Wildman–Crippen MR) is 61.2 cm³/mol. The van der Waals surface area contributed by atoms with E-state index in [0.29, 0.717) is 0 Å². The zero-order valence-corrected chi connectivity index (χ0v) is 8.17. The Morgan fingerprint density at radius 3 is 2.54 bits per heavy atom. The van der Waals surface area contributed by atoms with Crippen molar-refractivity contribution in [1.82, 2.24) is 5.32 Å². The highest BCUT2D eigenvalue weighted by Crippen LogP contribution is 2.17. The Labute approximate surface area is 80.6 Å². The number of allylic oxidation sites excluding steroid dienone is 2. The highest BCUT2D eigenvalue weighted by atomic mass is 14.8. The lowest BCUT2D eigenvalue weighted by molar-refractivity contribution is 1.10. The first kappa shape index (κ1) is 9.65. The molecular formula is C11H14BN. The van der Waals surface area contributed by atoms with Gasteiger partial charge >= 0.3 is 0 Å². The first-order valence-corrected chi connectivity index (χ1v) is 4.34. The molecule has 1 aromatic rings. The Bertz CT molecular complexity index is 314. The van der Waals surface area contributed by atoms with E-state index in [1.807, 2.05) is 39.3 Å². The Hall–Kier alpha value is -1.44. The molecule has 0 aliphatic heterocycles. The number of hydrogen-bond acceptors (Lipinski definition) is 1. The second kappa shape index (κ2) is 4.56. The van der Waals surface area contributed by atoms with Crippen LogP contribution in [0.1, 0.15) is 5.56 Å². The summed E-state index contributed by atoms with van der Waals surface area (Å²) in [5.41, 5.74) is 3.40. The van der Waals surface area contributed by atoms with E-state index in [1.54, 1.807) is 0 Å². The smallest absolute Gasteiger partial charge is 0.141 e. The third kappa shape index (κ3) is 2.51. The topological polar surface area (TPSA) is 12.0 Å². The van der Waals surface area contributed by atoms with Gasteiger partial charge in [-0.2, -0.15) is 0 Å². The molecule has 0 aromatic heterocycles. The van der Waals surface area contributed by atoms with Crippen molar-refractivity contribution < 1.29 is 0 Å². The average molecular weight is 171 g/mol. The van der Waals surface area contributed by atoms with Gasteiger partial charge in [0.1, 0.15) is 7.85 Å². The van der Waals surface area contributed by atoms with Gasteiger partial charge in [-0.25, -0.2) is 0 Å². The molecule has 0 aliphatic carbocycles. The van der Waals surface area contributed by atoms with Crippen LogP contribution in [0.25, 0.3) is 5.57 Å². The molecule has 0 saturated carbocycles. The molecule has 0 bridgehead atoms. The van der Waals surface area contributed by atoms with Gasteiger partial charge in [0.25, 0.3) is 0 Å². The minimum absolute atomic E-state index is 1.06. The molecule has 1 nitrogen and oxygen atoms in total. The van der Waals surface area contributed by atoms with Gasteiger partial charge in [-0.3, -0.25) is 0 Å². The number of nitrogens with one attached hydrogen (secondary N) is 1. The maximum atomic E-state index is 4.04. The SMILES string of the molecule is B/C(=C/NC)C(=C)c1ccccc1. The van der Waals surface area contributed by atoms with Gasteiger partial charge < -0.3 is 5.32 Å². The van der Waals surface area contributed by atoms with E-state index >= 15 is 0 Å².